The van der Waals surface area contributed by atoms with Crippen molar-refractivity contribution >= 4 is 24.8 Å². The highest BCUT2D eigenvalue weighted by Crippen LogP contribution is 2.42. The van der Waals surface area contributed by atoms with E-state index in [-0.39, 0.29) is 30.4 Å². The Balaban J connectivity index is 0.00000110. The van der Waals surface area contributed by atoms with E-state index in [1.807, 2.05) is 6.20 Å². The van der Waals surface area contributed by atoms with Crippen LogP contribution < -0.4 is 10.7 Å². The molecule has 0 amide bonds. The summed E-state index contributed by atoms with van der Waals surface area (Å²) in [7, 11) is 0. The van der Waals surface area contributed by atoms with E-state index in [1.54, 1.807) is 0 Å². The molecule has 7 heteroatoms. The summed E-state index contributed by atoms with van der Waals surface area (Å²) in [4.78, 5) is 2.58. The first-order valence-corrected chi connectivity index (χ1v) is 7.52. The van der Waals surface area contributed by atoms with Gasteiger partial charge in [0.2, 0.25) is 0 Å². The van der Waals surface area contributed by atoms with Crippen LogP contribution >= 0.6 is 24.8 Å². The van der Waals surface area contributed by atoms with Gasteiger partial charge in [-0.2, -0.15) is 5.11 Å². The maximum Gasteiger partial charge on any atom is 0.120 e. The number of rotatable bonds is 4. The molecule has 2 atom stereocenters. The molecule has 0 unspecified atom stereocenters. The number of hydrogen-bond acceptors (Lipinski definition) is 5. The van der Waals surface area contributed by atoms with Gasteiger partial charge in [0, 0.05) is 18.3 Å². The first-order chi connectivity index (χ1) is 9.20. The highest BCUT2D eigenvalue weighted by atomic mass is 35.5. The van der Waals surface area contributed by atoms with Gasteiger partial charge in [-0.1, -0.05) is 5.22 Å². The van der Waals surface area contributed by atoms with E-state index in [9.17, 15) is 0 Å². The van der Waals surface area contributed by atoms with Gasteiger partial charge in [-0.15, -0.1) is 24.8 Å². The molecule has 5 nitrogen and oxygen atoms in total. The standard InChI is InChI=1S/C14H25N5.2ClH/c1-11(2)19-7-3-12(4-8-19)10-15-13-9-14(13)5-6-16-18-17-14;;/h5-6,11-13,15H,3-4,7-10H2,1-2H3,(H,16,17);2*1H/t13-,14-;;/m1../s1. The normalized spacial score (nSPS) is 31.7. The van der Waals surface area contributed by atoms with Crippen molar-refractivity contribution < 1.29 is 0 Å². The average molecular weight is 336 g/mol. The summed E-state index contributed by atoms with van der Waals surface area (Å²) in [5, 5.41) is 11.9. The number of piperidine rings is 1. The van der Waals surface area contributed by atoms with Gasteiger partial charge in [0.15, 0.2) is 0 Å². The van der Waals surface area contributed by atoms with Crippen LogP contribution in [0.3, 0.4) is 0 Å². The van der Waals surface area contributed by atoms with Gasteiger partial charge in [-0.25, -0.2) is 0 Å². The Kier molecular flexibility index (Phi) is 6.91. The lowest BCUT2D eigenvalue weighted by Gasteiger charge is -2.34. The monoisotopic (exact) mass is 335 g/mol. The molecule has 2 aliphatic heterocycles. The van der Waals surface area contributed by atoms with E-state index in [4.69, 9.17) is 0 Å². The fourth-order valence-electron chi connectivity index (χ4n) is 3.16. The third-order valence-electron chi connectivity index (χ3n) is 4.75. The Hall–Kier alpha value is -0.360. The molecule has 3 rings (SSSR count). The van der Waals surface area contributed by atoms with Gasteiger partial charge in [0.25, 0.3) is 0 Å². The molecule has 0 aromatic carbocycles. The summed E-state index contributed by atoms with van der Waals surface area (Å²) in [5.74, 6) is 0.829. The molecule has 122 valence electrons. The summed E-state index contributed by atoms with van der Waals surface area (Å²) >= 11 is 0. The first kappa shape index (κ1) is 18.7. The van der Waals surface area contributed by atoms with Crippen LogP contribution in [0.4, 0.5) is 0 Å². The summed E-state index contributed by atoms with van der Waals surface area (Å²) in [6.45, 7) is 8.23. The van der Waals surface area contributed by atoms with Crippen LogP contribution in [0.5, 0.6) is 0 Å². The van der Waals surface area contributed by atoms with Crippen LogP contribution in [-0.2, 0) is 0 Å². The van der Waals surface area contributed by atoms with Crippen LogP contribution in [0.15, 0.2) is 22.6 Å². The van der Waals surface area contributed by atoms with Crippen molar-refractivity contribution in [1.29, 1.82) is 0 Å². The third-order valence-corrected chi connectivity index (χ3v) is 4.75. The Bertz CT molecular complexity index is 366. The van der Waals surface area contributed by atoms with Crippen molar-refractivity contribution in [1.82, 2.24) is 15.6 Å². The van der Waals surface area contributed by atoms with Crippen LogP contribution in [0.25, 0.3) is 0 Å². The third kappa shape index (κ3) is 4.31. The summed E-state index contributed by atoms with van der Waals surface area (Å²) < 4.78 is 0. The molecule has 0 aromatic heterocycles. The molecule has 1 saturated heterocycles. The summed E-state index contributed by atoms with van der Waals surface area (Å²) in [5.41, 5.74) is 2.74. The zero-order valence-corrected chi connectivity index (χ0v) is 14.4. The first-order valence-electron chi connectivity index (χ1n) is 7.52. The van der Waals surface area contributed by atoms with Gasteiger partial charge in [0.05, 0.1) is 0 Å². The maximum absolute atomic E-state index is 4.31. The highest BCUT2D eigenvalue weighted by molar-refractivity contribution is 5.85. The fraction of sp³-hybridized carbons (Fsp3) is 0.857. The minimum absolute atomic E-state index is 0. The minimum atomic E-state index is -0.0239. The predicted molar refractivity (Wildman–Crippen MR) is 90.2 cm³/mol. The number of likely N-dealkylation sites (tertiary alicyclic amines) is 1. The summed E-state index contributed by atoms with van der Waals surface area (Å²) in [6.07, 6.45) is 7.78. The van der Waals surface area contributed by atoms with Crippen LogP contribution in [0.1, 0.15) is 33.1 Å². The summed E-state index contributed by atoms with van der Waals surface area (Å²) in [6, 6.07) is 1.19. The molecule has 2 heterocycles. The number of hydrogen-bond donors (Lipinski definition) is 2. The van der Waals surface area contributed by atoms with Crippen molar-refractivity contribution in [2.24, 2.45) is 16.3 Å². The Labute approximate surface area is 139 Å². The second-order valence-corrected chi connectivity index (χ2v) is 6.39. The largest absolute Gasteiger partial charge is 0.311 e. The number of nitrogens with one attached hydrogen (secondary N) is 2. The second kappa shape index (κ2) is 7.77. The van der Waals surface area contributed by atoms with E-state index >= 15 is 0 Å². The average Bonchev–Trinajstić information content (AvgIpc) is 3.10. The van der Waals surface area contributed by atoms with E-state index in [0.29, 0.717) is 12.1 Å². The van der Waals surface area contributed by atoms with Gasteiger partial charge in [-0.3, -0.25) is 5.43 Å². The molecule has 1 saturated carbocycles. The Morgan fingerprint density at radius 2 is 2.05 bits per heavy atom. The lowest BCUT2D eigenvalue weighted by molar-refractivity contribution is 0.148. The molecule has 3 aliphatic rings. The van der Waals surface area contributed by atoms with Crippen molar-refractivity contribution in [3.8, 4) is 0 Å². The lowest BCUT2D eigenvalue weighted by Crippen LogP contribution is -2.41. The maximum atomic E-state index is 4.31. The molecule has 2 fully saturated rings. The smallest absolute Gasteiger partial charge is 0.120 e. The zero-order valence-electron chi connectivity index (χ0n) is 12.8. The quantitative estimate of drug-likeness (QED) is 0.830. The molecular formula is C14H27Cl2N5. The molecule has 0 aromatic rings. The zero-order chi connectivity index (χ0) is 13.3. The van der Waals surface area contributed by atoms with Gasteiger partial charge in [-0.05, 0) is 64.7 Å². The number of halogens is 2. The second-order valence-electron chi connectivity index (χ2n) is 6.39. The lowest BCUT2D eigenvalue weighted by atomic mass is 9.96. The Morgan fingerprint density at radius 3 is 2.62 bits per heavy atom. The van der Waals surface area contributed by atoms with E-state index in [1.165, 1.54) is 25.9 Å². The van der Waals surface area contributed by atoms with E-state index < -0.39 is 0 Å². The molecule has 1 aliphatic carbocycles. The predicted octanol–water partition coefficient (Wildman–Crippen LogP) is 2.54. The van der Waals surface area contributed by atoms with Gasteiger partial charge < -0.3 is 10.2 Å². The van der Waals surface area contributed by atoms with Crippen molar-refractivity contribution in [3.63, 3.8) is 0 Å². The van der Waals surface area contributed by atoms with Crippen LogP contribution in [0, 0.1) is 5.92 Å². The molecule has 1 spiro atoms. The van der Waals surface area contributed by atoms with E-state index in [2.05, 4.69) is 45.9 Å². The molecule has 2 N–H and O–H groups in total. The van der Waals surface area contributed by atoms with Crippen LogP contribution in [0.2, 0.25) is 0 Å². The van der Waals surface area contributed by atoms with Crippen molar-refractivity contribution in [3.05, 3.63) is 12.3 Å². The fourth-order valence-corrected chi connectivity index (χ4v) is 3.16. The molecule has 21 heavy (non-hydrogen) atoms. The van der Waals surface area contributed by atoms with Crippen molar-refractivity contribution in [2.75, 3.05) is 19.6 Å². The van der Waals surface area contributed by atoms with Crippen LogP contribution in [-0.4, -0.2) is 42.2 Å². The molecule has 0 radical (unpaired) electrons. The van der Waals surface area contributed by atoms with Crippen molar-refractivity contribution in [2.45, 2.75) is 50.7 Å². The number of nitrogens with zero attached hydrogens (tertiary/aromatic N) is 3. The minimum Gasteiger partial charge on any atom is -0.311 e. The SMILES string of the molecule is CC(C)N1CCC(CN[C@@H]2C[C@]23C=CNN=N3)CC1.Cl.Cl. The molecule has 0 bridgehead atoms. The Morgan fingerprint density at radius 1 is 1.33 bits per heavy atom. The van der Waals surface area contributed by atoms with E-state index in [0.717, 1.165) is 18.9 Å². The highest BCUT2D eigenvalue weighted by Gasteiger charge is 2.54. The van der Waals surface area contributed by atoms with Gasteiger partial charge >= 0.3 is 0 Å². The molecular weight excluding hydrogens is 309 g/mol. The van der Waals surface area contributed by atoms with Gasteiger partial charge in [0.1, 0.15) is 5.54 Å². The topological polar surface area (TPSA) is 52.0 Å².